The summed E-state index contributed by atoms with van der Waals surface area (Å²) in [5.74, 6) is 0.793. The highest BCUT2D eigenvalue weighted by molar-refractivity contribution is 5.89. The minimum Gasteiger partial charge on any atom is -0.494 e. The first-order chi connectivity index (χ1) is 7.72. The molecule has 0 aliphatic rings. The lowest BCUT2D eigenvalue weighted by molar-refractivity contribution is 0.306. The normalized spacial score (nSPS) is 9.81. The van der Waals surface area contributed by atoms with Crippen molar-refractivity contribution in [1.29, 1.82) is 5.41 Å². The zero-order valence-corrected chi connectivity index (χ0v) is 9.62. The van der Waals surface area contributed by atoms with Gasteiger partial charge in [-0.1, -0.05) is 19.8 Å². The molecule has 1 aromatic rings. The molecule has 0 amide bonds. The molecule has 1 rings (SSSR count). The van der Waals surface area contributed by atoms with Crippen LogP contribution >= 0.6 is 0 Å². The third-order valence-corrected chi connectivity index (χ3v) is 2.15. The molecular formula is C12H19N3O. The van der Waals surface area contributed by atoms with Gasteiger partial charge in [-0.25, -0.2) is 0 Å². The lowest BCUT2D eigenvalue weighted by Gasteiger charge is -2.07. The van der Waals surface area contributed by atoms with Gasteiger partial charge in [-0.2, -0.15) is 0 Å². The number of nitrogens with one attached hydrogen (secondary N) is 2. The summed E-state index contributed by atoms with van der Waals surface area (Å²) in [7, 11) is 0. The maximum Gasteiger partial charge on any atom is 0.190 e. The van der Waals surface area contributed by atoms with E-state index in [1.165, 1.54) is 12.8 Å². The smallest absolute Gasteiger partial charge is 0.190 e. The number of hydrogen-bond donors (Lipinski definition) is 3. The SMILES string of the molecule is CCCCCOc1ccc(NC(=N)N)cc1. The molecule has 4 N–H and O–H groups in total. The monoisotopic (exact) mass is 221 g/mol. The number of nitrogens with two attached hydrogens (primary N) is 1. The van der Waals surface area contributed by atoms with Gasteiger partial charge in [0.2, 0.25) is 0 Å². The van der Waals surface area contributed by atoms with E-state index in [-0.39, 0.29) is 5.96 Å². The van der Waals surface area contributed by atoms with Crippen molar-refractivity contribution in [2.75, 3.05) is 11.9 Å². The van der Waals surface area contributed by atoms with Crippen molar-refractivity contribution >= 4 is 11.6 Å². The van der Waals surface area contributed by atoms with E-state index in [0.29, 0.717) is 0 Å². The zero-order chi connectivity index (χ0) is 11.8. The highest BCUT2D eigenvalue weighted by Gasteiger charge is 1.95. The van der Waals surface area contributed by atoms with Crippen molar-refractivity contribution in [3.8, 4) is 5.75 Å². The molecule has 4 heteroatoms. The highest BCUT2D eigenvalue weighted by Crippen LogP contribution is 2.15. The third kappa shape index (κ3) is 4.68. The molecule has 0 saturated heterocycles. The molecule has 0 radical (unpaired) electrons. The fourth-order valence-corrected chi connectivity index (χ4v) is 1.33. The molecule has 0 fully saturated rings. The molecular weight excluding hydrogens is 202 g/mol. The molecule has 0 bridgehead atoms. The van der Waals surface area contributed by atoms with Crippen molar-refractivity contribution < 1.29 is 4.74 Å². The van der Waals surface area contributed by atoms with E-state index in [4.69, 9.17) is 15.9 Å². The van der Waals surface area contributed by atoms with Gasteiger partial charge >= 0.3 is 0 Å². The van der Waals surface area contributed by atoms with E-state index < -0.39 is 0 Å². The second kappa shape index (κ2) is 6.71. The second-order valence-corrected chi connectivity index (χ2v) is 3.62. The molecule has 0 aliphatic carbocycles. The van der Waals surface area contributed by atoms with E-state index in [9.17, 15) is 0 Å². The van der Waals surface area contributed by atoms with Crippen LogP contribution in [0.4, 0.5) is 5.69 Å². The van der Waals surface area contributed by atoms with Gasteiger partial charge in [0, 0.05) is 5.69 Å². The van der Waals surface area contributed by atoms with Gasteiger partial charge in [0.25, 0.3) is 0 Å². The first kappa shape index (κ1) is 12.4. The van der Waals surface area contributed by atoms with E-state index in [1.807, 2.05) is 24.3 Å². The molecule has 0 atom stereocenters. The van der Waals surface area contributed by atoms with Gasteiger partial charge < -0.3 is 15.8 Å². The Morgan fingerprint density at radius 1 is 1.31 bits per heavy atom. The minimum absolute atomic E-state index is 0.0587. The average molecular weight is 221 g/mol. The average Bonchev–Trinajstić information content (AvgIpc) is 2.26. The van der Waals surface area contributed by atoms with Gasteiger partial charge in [0.05, 0.1) is 6.61 Å². The van der Waals surface area contributed by atoms with Crippen molar-refractivity contribution in [1.82, 2.24) is 0 Å². The summed E-state index contributed by atoms with van der Waals surface area (Å²) < 4.78 is 5.56. The number of benzene rings is 1. The van der Waals surface area contributed by atoms with Crippen LogP contribution in [0.5, 0.6) is 5.75 Å². The van der Waals surface area contributed by atoms with E-state index in [1.54, 1.807) is 0 Å². The molecule has 0 heterocycles. The van der Waals surface area contributed by atoms with Crippen LogP contribution in [-0.2, 0) is 0 Å². The molecule has 88 valence electrons. The summed E-state index contributed by atoms with van der Waals surface area (Å²) in [6.45, 7) is 2.93. The first-order valence-electron chi connectivity index (χ1n) is 5.56. The highest BCUT2D eigenvalue weighted by atomic mass is 16.5. The number of ether oxygens (including phenoxy) is 1. The standard InChI is InChI=1S/C12H19N3O/c1-2-3-4-9-16-11-7-5-10(6-8-11)15-12(13)14/h5-8H,2-4,9H2,1H3,(H4,13,14,15). The van der Waals surface area contributed by atoms with Gasteiger partial charge in [-0.05, 0) is 30.7 Å². The van der Waals surface area contributed by atoms with Crippen LogP contribution in [0.25, 0.3) is 0 Å². The molecule has 1 aromatic carbocycles. The Morgan fingerprint density at radius 3 is 2.56 bits per heavy atom. The predicted molar refractivity (Wildman–Crippen MR) is 67.0 cm³/mol. The summed E-state index contributed by atoms with van der Waals surface area (Å²) in [5.41, 5.74) is 6.02. The first-order valence-corrected chi connectivity index (χ1v) is 5.56. The molecule has 0 aliphatic heterocycles. The lowest BCUT2D eigenvalue weighted by Crippen LogP contribution is -2.20. The van der Waals surface area contributed by atoms with E-state index in [0.717, 1.165) is 24.5 Å². The molecule has 4 nitrogen and oxygen atoms in total. The van der Waals surface area contributed by atoms with Crippen molar-refractivity contribution in [3.63, 3.8) is 0 Å². The quantitative estimate of drug-likeness (QED) is 0.393. The number of guanidine groups is 1. The molecule has 0 aromatic heterocycles. The molecule has 0 spiro atoms. The Labute approximate surface area is 96.3 Å². The lowest BCUT2D eigenvalue weighted by atomic mass is 10.2. The Kier molecular flexibility index (Phi) is 5.19. The molecule has 0 saturated carbocycles. The van der Waals surface area contributed by atoms with Crippen LogP contribution in [0.1, 0.15) is 26.2 Å². The van der Waals surface area contributed by atoms with Crippen molar-refractivity contribution in [2.45, 2.75) is 26.2 Å². The molecule has 0 unspecified atom stereocenters. The number of unbranched alkanes of at least 4 members (excludes halogenated alkanes) is 2. The summed E-state index contributed by atoms with van der Waals surface area (Å²) in [5, 5.41) is 9.79. The zero-order valence-electron chi connectivity index (χ0n) is 9.62. The van der Waals surface area contributed by atoms with Crippen LogP contribution in [0.15, 0.2) is 24.3 Å². The van der Waals surface area contributed by atoms with Crippen LogP contribution in [0, 0.1) is 5.41 Å². The van der Waals surface area contributed by atoms with E-state index >= 15 is 0 Å². The maximum atomic E-state index is 7.08. The van der Waals surface area contributed by atoms with Crippen LogP contribution in [0.2, 0.25) is 0 Å². The Balaban J connectivity index is 2.36. The second-order valence-electron chi connectivity index (χ2n) is 3.62. The summed E-state index contributed by atoms with van der Waals surface area (Å²) >= 11 is 0. The Hall–Kier alpha value is -1.71. The van der Waals surface area contributed by atoms with Crippen LogP contribution in [0.3, 0.4) is 0 Å². The number of hydrogen-bond acceptors (Lipinski definition) is 2. The van der Waals surface area contributed by atoms with Gasteiger partial charge in [0.1, 0.15) is 5.75 Å². The minimum atomic E-state index is -0.0587. The summed E-state index contributed by atoms with van der Waals surface area (Å²) in [6.07, 6.45) is 3.48. The Morgan fingerprint density at radius 2 is 2.00 bits per heavy atom. The largest absolute Gasteiger partial charge is 0.494 e. The van der Waals surface area contributed by atoms with Crippen LogP contribution < -0.4 is 15.8 Å². The third-order valence-electron chi connectivity index (χ3n) is 2.15. The number of rotatable bonds is 6. The maximum absolute atomic E-state index is 7.08. The summed E-state index contributed by atoms with van der Waals surface area (Å²) in [4.78, 5) is 0. The van der Waals surface area contributed by atoms with Gasteiger partial charge in [-0.15, -0.1) is 0 Å². The van der Waals surface area contributed by atoms with Gasteiger partial charge in [0.15, 0.2) is 5.96 Å². The van der Waals surface area contributed by atoms with Crippen LogP contribution in [-0.4, -0.2) is 12.6 Å². The Bertz CT molecular complexity index is 322. The number of anilines is 1. The fourth-order valence-electron chi connectivity index (χ4n) is 1.33. The topological polar surface area (TPSA) is 71.1 Å². The predicted octanol–water partition coefficient (Wildman–Crippen LogP) is 2.56. The van der Waals surface area contributed by atoms with E-state index in [2.05, 4.69) is 12.2 Å². The summed E-state index contributed by atoms with van der Waals surface area (Å²) in [6, 6.07) is 7.43. The molecule has 16 heavy (non-hydrogen) atoms. The van der Waals surface area contributed by atoms with Crippen molar-refractivity contribution in [3.05, 3.63) is 24.3 Å². The van der Waals surface area contributed by atoms with Crippen molar-refractivity contribution in [2.24, 2.45) is 5.73 Å². The fraction of sp³-hybridized carbons (Fsp3) is 0.417. The van der Waals surface area contributed by atoms with Gasteiger partial charge in [-0.3, -0.25) is 5.41 Å².